The molecule has 0 aromatic rings. The van der Waals surface area contributed by atoms with Gasteiger partial charge in [-0.05, 0) is 12.8 Å². The van der Waals surface area contributed by atoms with Crippen molar-refractivity contribution in [3.63, 3.8) is 0 Å². The van der Waals surface area contributed by atoms with E-state index in [9.17, 15) is 34.8 Å². The molecule has 0 saturated heterocycles. The van der Waals surface area contributed by atoms with Crippen molar-refractivity contribution in [3.05, 3.63) is 0 Å². The molecule has 0 bridgehead atoms. The van der Waals surface area contributed by atoms with Crippen LogP contribution in [0.25, 0.3) is 0 Å². The third-order valence-electron chi connectivity index (χ3n) is 1.23. The molecule has 0 aliphatic heterocycles. The first kappa shape index (κ1) is 31.0. The minimum Gasteiger partial charge on any atom is -0.845 e. The van der Waals surface area contributed by atoms with Crippen molar-refractivity contribution < 1.29 is 124 Å². The molecule has 7 nitrogen and oxygen atoms in total. The first-order valence-corrected chi connectivity index (χ1v) is 3.09. The Morgan fingerprint density at radius 1 is 0.765 bits per heavy atom. The molecule has 0 rings (SSSR count). The van der Waals surface area contributed by atoms with Crippen LogP contribution < -0.4 is 20.4 Å². The van der Waals surface area contributed by atoms with Crippen LogP contribution in [0.4, 0.5) is 0 Å². The molecule has 0 aliphatic rings. The van der Waals surface area contributed by atoms with E-state index in [1.165, 1.54) is 0 Å². The Kier molecular flexibility index (Phi) is 25.1. The Hall–Kier alpha value is 1.33. The van der Waals surface area contributed by atoms with E-state index in [0.29, 0.717) is 0 Å². The summed E-state index contributed by atoms with van der Waals surface area (Å²) >= 11 is 0. The van der Waals surface area contributed by atoms with E-state index < -0.39 is 36.4 Å². The predicted molar refractivity (Wildman–Crippen MR) is 27.0 cm³/mol. The largest absolute Gasteiger partial charge is 1.00 e. The smallest absolute Gasteiger partial charge is 0.845 e. The average Bonchev–Trinajstić information content (AvgIpc) is 1.82. The van der Waals surface area contributed by atoms with Gasteiger partial charge in [0.1, 0.15) is 0 Å². The predicted octanol–water partition coefficient (Wildman–Crippen LogP) is -5.89. The van der Waals surface area contributed by atoms with Crippen LogP contribution in [-0.2, 0) is 104 Å². The number of hydrogen-bond acceptors (Lipinski definition) is 7. The second-order valence-corrected chi connectivity index (χ2v) is 2.38. The average molecular weight is 620 g/mol. The van der Waals surface area contributed by atoms with Crippen LogP contribution in [0.1, 0.15) is 12.8 Å². The summed E-state index contributed by atoms with van der Waals surface area (Å²) in [5.74, 6) is -6.22. The van der Waals surface area contributed by atoms with Crippen molar-refractivity contribution in [2.45, 2.75) is 18.4 Å². The number of carbonyl (C=O) groups excluding carboxylic acids is 3. The molecule has 0 amide bonds. The molecule has 0 aromatic heterocycles. The zero-order valence-corrected chi connectivity index (χ0v) is 13.4. The van der Waals surface area contributed by atoms with Gasteiger partial charge in [0.05, 0.1) is 0 Å². The van der Waals surface area contributed by atoms with E-state index in [1.807, 2.05) is 0 Å². The minimum absolute atomic E-state index is 0. The quantitative estimate of drug-likeness (QED) is 0.279. The molecule has 0 N–H and O–H groups in total. The van der Waals surface area contributed by atoms with Crippen molar-refractivity contribution in [3.8, 4) is 0 Å². The monoisotopic (exact) mass is 616 g/mol. The van der Waals surface area contributed by atoms with Gasteiger partial charge < -0.3 is 34.8 Å². The third-order valence-corrected chi connectivity index (χ3v) is 1.23. The van der Waals surface area contributed by atoms with Gasteiger partial charge in [-0.1, -0.05) is 5.60 Å². The Morgan fingerprint density at radius 3 is 1.12 bits per heavy atom. The molecule has 0 fully saturated rings. The Balaban J connectivity index is -0.000000120. The standard InChI is InChI=1S/C6H7O7.4Ag/c7-3(8)1-6(13,5(11)12)2-4(9)10;;;;/h1-2H2,(H,7,8)(H,9,10)(H,11,12);;;;/q-1;4*+1/p-3. The molecular formula is C6H4Ag4O7. The molecular weight excluding hydrogens is 616 g/mol. The van der Waals surface area contributed by atoms with Crippen LogP contribution in [0.5, 0.6) is 0 Å². The van der Waals surface area contributed by atoms with Crippen molar-refractivity contribution in [2.24, 2.45) is 0 Å². The molecule has 0 aromatic carbocycles. The maximum atomic E-state index is 10.9. The van der Waals surface area contributed by atoms with Crippen LogP contribution in [0.3, 0.4) is 0 Å². The van der Waals surface area contributed by atoms with Crippen molar-refractivity contribution >= 4 is 17.9 Å². The fraction of sp³-hybridized carbons (Fsp3) is 0.500. The van der Waals surface area contributed by atoms with Gasteiger partial charge >= 0.3 is 89.5 Å². The molecule has 0 spiro atoms. The number of rotatable bonds is 5. The summed E-state index contributed by atoms with van der Waals surface area (Å²) < 4.78 is 0. The van der Waals surface area contributed by atoms with Gasteiger partial charge in [0.15, 0.2) is 0 Å². The summed E-state index contributed by atoms with van der Waals surface area (Å²) in [7, 11) is 0. The first-order chi connectivity index (χ1) is 5.78. The van der Waals surface area contributed by atoms with Gasteiger partial charge in [-0.25, -0.2) is 0 Å². The fourth-order valence-electron chi connectivity index (χ4n) is 0.673. The van der Waals surface area contributed by atoms with E-state index in [-0.39, 0.29) is 89.5 Å². The molecule has 0 heterocycles. The molecule has 0 unspecified atom stereocenters. The van der Waals surface area contributed by atoms with E-state index in [1.54, 1.807) is 0 Å². The van der Waals surface area contributed by atoms with Gasteiger partial charge in [0.25, 0.3) is 0 Å². The van der Waals surface area contributed by atoms with E-state index >= 15 is 0 Å². The Bertz CT molecular complexity index is 241. The van der Waals surface area contributed by atoms with Crippen LogP contribution in [0, 0.1) is 0 Å². The van der Waals surface area contributed by atoms with E-state index in [0.717, 1.165) is 0 Å². The second kappa shape index (κ2) is 13.8. The minimum atomic E-state index is -3.22. The number of carboxylic acid groups (broad SMARTS) is 3. The summed E-state index contributed by atoms with van der Waals surface area (Å²) in [6.45, 7) is 0. The van der Waals surface area contributed by atoms with Crippen molar-refractivity contribution in [2.75, 3.05) is 0 Å². The molecule has 0 radical (unpaired) electrons. The maximum absolute atomic E-state index is 10.9. The fourth-order valence-corrected chi connectivity index (χ4v) is 0.673. The normalized spacial score (nSPS) is 8.29. The van der Waals surface area contributed by atoms with Crippen molar-refractivity contribution in [1.29, 1.82) is 0 Å². The zero-order chi connectivity index (χ0) is 10.6. The molecule has 17 heavy (non-hydrogen) atoms. The van der Waals surface area contributed by atoms with E-state index in [4.69, 9.17) is 0 Å². The zero-order valence-electron chi connectivity index (χ0n) is 7.48. The third kappa shape index (κ3) is 13.6. The van der Waals surface area contributed by atoms with Crippen LogP contribution in [-0.4, -0.2) is 23.5 Å². The number of hydrogen-bond donors (Lipinski definition) is 0. The van der Waals surface area contributed by atoms with Gasteiger partial charge in [-0.3, -0.25) is 0 Å². The van der Waals surface area contributed by atoms with Gasteiger partial charge in [0, 0.05) is 17.9 Å². The van der Waals surface area contributed by atoms with Gasteiger partial charge in [-0.15, -0.1) is 0 Å². The topological polar surface area (TPSA) is 143 Å². The number of carbonyl (C=O) groups is 3. The number of aliphatic carboxylic acids is 3. The summed E-state index contributed by atoms with van der Waals surface area (Å²) in [6, 6.07) is 0. The Labute approximate surface area is 159 Å². The maximum Gasteiger partial charge on any atom is 1.00 e. The molecule has 114 valence electrons. The second-order valence-electron chi connectivity index (χ2n) is 2.38. The van der Waals surface area contributed by atoms with Crippen molar-refractivity contribution in [1.82, 2.24) is 0 Å². The van der Waals surface area contributed by atoms with Crippen LogP contribution in [0.15, 0.2) is 0 Å². The molecule has 11 heteroatoms. The Morgan fingerprint density at radius 2 is 1.00 bits per heavy atom. The molecule has 0 atom stereocenters. The summed E-state index contributed by atoms with van der Waals surface area (Å²) in [5.41, 5.74) is -3.22. The molecule has 0 saturated carbocycles. The summed E-state index contributed by atoms with van der Waals surface area (Å²) in [5, 5.41) is 40.8. The van der Waals surface area contributed by atoms with Gasteiger partial charge in [0.2, 0.25) is 0 Å². The first-order valence-electron chi connectivity index (χ1n) is 3.09. The summed E-state index contributed by atoms with van der Waals surface area (Å²) in [6.07, 6.45) is -2.94. The van der Waals surface area contributed by atoms with Crippen LogP contribution in [0.2, 0.25) is 0 Å². The van der Waals surface area contributed by atoms with Gasteiger partial charge in [-0.2, -0.15) is 0 Å². The summed E-state index contributed by atoms with van der Waals surface area (Å²) in [4.78, 5) is 29.9. The van der Waals surface area contributed by atoms with E-state index in [2.05, 4.69) is 0 Å². The number of carboxylic acids is 3. The molecule has 0 aliphatic carbocycles. The SMILES string of the molecule is O=C([O-])CC([O-])(CC(=O)[O-])C(=O)[O-].[Ag+].[Ag+].[Ag+].[Ag+]. The van der Waals surface area contributed by atoms with Crippen LogP contribution >= 0.6 is 0 Å².